The van der Waals surface area contributed by atoms with Gasteiger partial charge in [0.15, 0.2) is 0 Å². The molecule has 160 valence electrons. The van der Waals surface area contributed by atoms with Crippen molar-refractivity contribution in [1.29, 1.82) is 0 Å². The number of aliphatic hydroxyl groups is 1. The summed E-state index contributed by atoms with van der Waals surface area (Å²) in [7, 11) is 0. The van der Waals surface area contributed by atoms with E-state index in [0.29, 0.717) is 18.3 Å². The molecular weight excluding hydrogens is 403 g/mol. The van der Waals surface area contributed by atoms with Gasteiger partial charge in [-0.1, -0.05) is 12.2 Å². The third kappa shape index (κ3) is 3.82. The van der Waals surface area contributed by atoms with Gasteiger partial charge in [-0.3, -0.25) is 9.48 Å². The number of aliphatic hydroxyl groups excluding tert-OH is 1. The molecule has 5 N–H and O–H groups in total. The Hall–Kier alpha value is -3.15. The second-order valence-corrected chi connectivity index (χ2v) is 7.34. The van der Waals surface area contributed by atoms with Crippen LogP contribution in [-0.4, -0.2) is 43.4 Å². The summed E-state index contributed by atoms with van der Waals surface area (Å²) in [5.41, 5.74) is 4.93. The van der Waals surface area contributed by atoms with Crippen LogP contribution >= 0.6 is 0 Å². The van der Waals surface area contributed by atoms with Crippen molar-refractivity contribution >= 4 is 23.4 Å². The average Bonchev–Trinajstić information content (AvgIpc) is 3.38. The highest BCUT2D eigenvalue weighted by molar-refractivity contribution is 5.80. The van der Waals surface area contributed by atoms with Gasteiger partial charge in [-0.15, -0.1) is 0 Å². The van der Waals surface area contributed by atoms with Crippen LogP contribution in [-0.2, 0) is 17.5 Å². The Bertz CT molecular complexity index is 975. The summed E-state index contributed by atoms with van der Waals surface area (Å²) in [6.45, 7) is 0.166. The number of nitrogens with zero attached hydrogens (tertiary/aromatic N) is 4. The first-order valence-corrected chi connectivity index (χ1v) is 9.35. The van der Waals surface area contributed by atoms with Gasteiger partial charge in [-0.2, -0.15) is 23.3 Å². The highest BCUT2D eigenvalue weighted by Gasteiger charge is 2.48. The molecule has 2 heterocycles. The fraction of sp³-hybridized carbons (Fsp3) is 0.444. The smallest absolute Gasteiger partial charge is 0.394 e. The first-order valence-electron chi connectivity index (χ1n) is 9.35. The van der Waals surface area contributed by atoms with E-state index < -0.39 is 35.4 Å². The first-order chi connectivity index (χ1) is 14.3. The minimum Gasteiger partial charge on any atom is -0.394 e. The molecule has 9 nitrogen and oxygen atoms in total. The number of fused-ring (bicyclic) bond motifs is 2. The van der Waals surface area contributed by atoms with Crippen LogP contribution in [0.5, 0.6) is 0 Å². The van der Waals surface area contributed by atoms with Crippen molar-refractivity contribution in [3.8, 4) is 0 Å². The quantitative estimate of drug-likeness (QED) is 0.497. The van der Waals surface area contributed by atoms with Crippen LogP contribution in [0.2, 0.25) is 0 Å². The largest absolute Gasteiger partial charge is 0.421 e. The number of nitrogens with two attached hydrogens (primary N) is 1. The topological polar surface area (TPSA) is 131 Å². The molecule has 12 heteroatoms. The molecule has 0 aromatic carbocycles. The average molecular weight is 423 g/mol. The van der Waals surface area contributed by atoms with Crippen LogP contribution < -0.4 is 16.4 Å². The highest BCUT2D eigenvalue weighted by Crippen LogP contribution is 2.45. The molecule has 4 atom stereocenters. The number of primary amides is 1. The lowest BCUT2D eigenvalue weighted by molar-refractivity contribution is -0.137. The molecule has 2 aromatic heterocycles. The molecule has 2 aromatic rings. The van der Waals surface area contributed by atoms with Crippen LogP contribution in [0.15, 0.2) is 30.7 Å². The molecule has 1 saturated carbocycles. The number of allylic oxidation sites excluding steroid dienone is 1. The summed E-state index contributed by atoms with van der Waals surface area (Å²) in [6.07, 6.45) is 3.46. The van der Waals surface area contributed by atoms with E-state index in [2.05, 4.69) is 25.7 Å². The summed E-state index contributed by atoms with van der Waals surface area (Å²) >= 11 is 0. The minimum absolute atomic E-state index is 0.0663. The monoisotopic (exact) mass is 423 g/mol. The number of alkyl halides is 3. The lowest BCUT2D eigenvalue weighted by Crippen LogP contribution is -2.41. The molecule has 0 saturated heterocycles. The number of aromatic nitrogens is 4. The maximum Gasteiger partial charge on any atom is 0.421 e. The fourth-order valence-electron chi connectivity index (χ4n) is 4.11. The molecule has 2 bridgehead atoms. The highest BCUT2D eigenvalue weighted by atomic mass is 19.4. The zero-order valence-corrected chi connectivity index (χ0v) is 15.7. The number of hydrogen-bond donors (Lipinski definition) is 4. The summed E-state index contributed by atoms with van der Waals surface area (Å²) < 4.78 is 42.1. The van der Waals surface area contributed by atoms with E-state index in [1.165, 1.54) is 10.9 Å². The number of carbonyl (C=O) groups is 1. The van der Waals surface area contributed by atoms with Crippen LogP contribution in [0.4, 0.5) is 30.6 Å². The molecule has 0 unspecified atom stereocenters. The van der Waals surface area contributed by atoms with Crippen LogP contribution in [0.3, 0.4) is 0 Å². The van der Waals surface area contributed by atoms with Gasteiger partial charge in [0.2, 0.25) is 11.9 Å². The Balaban J connectivity index is 1.62. The Morgan fingerprint density at radius 2 is 2.07 bits per heavy atom. The van der Waals surface area contributed by atoms with Gasteiger partial charge in [-0.25, -0.2) is 4.98 Å². The van der Waals surface area contributed by atoms with Crippen LogP contribution in [0.1, 0.15) is 12.0 Å². The van der Waals surface area contributed by atoms with E-state index >= 15 is 0 Å². The number of nitrogens with one attached hydrogen (secondary N) is 2. The van der Waals surface area contributed by atoms with Gasteiger partial charge in [-0.05, 0) is 18.3 Å². The number of rotatable bonds is 7. The van der Waals surface area contributed by atoms with E-state index in [0.717, 1.165) is 0 Å². The number of halogens is 3. The van der Waals surface area contributed by atoms with E-state index in [1.807, 2.05) is 12.2 Å². The second kappa shape index (κ2) is 7.59. The van der Waals surface area contributed by atoms with Crippen LogP contribution in [0.25, 0.3) is 0 Å². The van der Waals surface area contributed by atoms with E-state index in [4.69, 9.17) is 10.8 Å². The van der Waals surface area contributed by atoms with Crippen molar-refractivity contribution in [1.82, 2.24) is 19.7 Å². The first kappa shape index (κ1) is 20.1. The second-order valence-electron chi connectivity index (χ2n) is 7.34. The zero-order chi connectivity index (χ0) is 21.5. The number of carbonyl (C=O) groups excluding carboxylic acids is 1. The van der Waals surface area contributed by atoms with Crippen LogP contribution in [0, 0.1) is 17.8 Å². The lowest BCUT2D eigenvalue weighted by Gasteiger charge is -2.28. The zero-order valence-electron chi connectivity index (χ0n) is 15.7. The molecule has 0 aliphatic heterocycles. The standard InChI is InChI=1S/C18H20F3N7O2/c19-18(20,21)12-7-23-17(25-11-6-24-28(8-11)3-4-29)27-16(12)26-14-10-2-1-9(5-10)13(14)15(22)30/h1-2,6-10,13-14,29H,3-5H2,(H2,22,30)(H2,23,25,26,27)/t9-,10-,13-,14+/m1/s1. The molecule has 2 aliphatic carbocycles. The Kier molecular flexibility index (Phi) is 5.10. The Morgan fingerprint density at radius 3 is 2.77 bits per heavy atom. The van der Waals surface area contributed by atoms with Crippen molar-refractivity contribution in [3.63, 3.8) is 0 Å². The minimum atomic E-state index is -4.68. The maximum absolute atomic E-state index is 13.5. The SMILES string of the molecule is NC(=O)[C@H]1[C@@H](Nc2nc(Nc3cnn(CCO)c3)ncc2C(F)(F)F)[C@@H]2C=C[C@@H]1C2. The van der Waals surface area contributed by atoms with Gasteiger partial charge in [0.1, 0.15) is 11.4 Å². The summed E-state index contributed by atoms with van der Waals surface area (Å²) in [5.74, 6) is -1.83. The van der Waals surface area contributed by atoms with Crippen molar-refractivity contribution < 1.29 is 23.1 Å². The predicted octanol–water partition coefficient (Wildman–Crippen LogP) is 1.52. The summed E-state index contributed by atoms with van der Waals surface area (Å²) in [5, 5.41) is 18.6. The number of anilines is 3. The van der Waals surface area contributed by atoms with Gasteiger partial charge >= 0.3 is 6.18 Å². The van der Waals surface area contributed by atoms with Crippen molar-refractivity contribution in [2.75, 3.05) is 17.2 Å². The fourth-order valence-corrected chi connectivity index (χ4v) is 4.11. The van der Waals surface area contributed by atoms with Gasteiger partial charge in [0.05, 0.1) is 31.0 Å². The summed E-state index contributed by atoms with van der Waals surface area (Å²) in [6, 6.07) is -0.575. The Morgan fingerprint density at radius 1 is 1.30 bits per heavy atom. The molecule has 2 aliphatic rings. The molecule has 1 fully saturated rings. The molecule has 0 radical (unpaired) electrons. The molecular formula is C18H20F3N7O2. The molecule has 4 rings (SSSR count). The molecule has 1 amide bonds. The number of hydrogen-bond acceptors (Lipinski definition) is 7. The van der Waals surface area contributed by atoms with E-state index in [9.17, 15) is 18.0 Å². The summed E-state index contributed by atoms with van der Waals surface area (Å²) in [4.78, 5) is 19.7. The third-order valence-electron chi connectivity index (χ3n) is 5.40. The van der Waals surface area contributed by atoms with Gasteiger partial charge < -0.3 is 21.5 Å². The van der Waals surface area contributed by atoms with E-state index in [-0.39, 0.29) is 30.9 Å². The van der Waals surface area contributed by atoms with E-state index in [1.54, 1.807) is 6.20 Å². The maximum atomic E-state index is 13.5. The van der Waals surface area contributed by atoms with Gasteiger partial charge in [0, 0.05) is 18.4 Å². The van der Waals surface area contributed by atoms with Gasteiger partial charge in [0.25, 0.3) is 0 Å². The Labute approximate surface area is 169 Å². The number of amides is 1. The molecule has 0 spiro atoms. The lowest BCUT2D eigenvalue weighted by atomic mass is 9.88. The predicted molar refractivity (Wildman–Crippen MR) is 100 cm³/mol. The van der Waals surface area contributed by atoms with Crippen molar-refractivity contribution in [3.05, 3.63) is 36.3 Å². The van der Waals surface area contributed by atoms with Crippen molar-refractivity contribution in [2.45, 2.75) is 25.2 Å². The third-order valence-corrected chi connectivity index (χ3v) is 5.40. The van der Waals surface area contributed by atoms with Crippen molar-refractivity contribution in [2.24, 2.45) is 23.5 Å². The normalized spacial score (nSPS) is 24.9. The molecule has 30 heavy (non-hydrogen) atoms.